The van der Waals surface area contributed by atoms with Crippen LogP contribution in [-0.4, -0.2) is 42.0 Å². The third-order valence-corrected chi connectivity index (χ3v) is 3.08. The molecule has 0 atom stereocenters. The van der Waals surface area contributed by atoms with Crippen LogP contribution in [-0.2, 0) is 4.79 Å². The van der Waals surface area contributed by atoms with Gasteiger partial charge in [-0.25, -0.2) is 0 Å². The van der Waals surface area contributed by atoms with E-state index in [0.717, 1.165) is 26.2 Å². The van der Waals surface area contributed by atoms with Gasteiger partial charge in [-0.15, -0.1) is 0 Å². The van der Waals surface area contributed by atoms with Gasteiger partial charge >= 0.3 is 0 Å². The zero-order valence-electron chi connectivity index (χ0n) is 9.81. The highest BCUT2D eigenvalue weighted by Gasteiger charge is 2.19. The number of rotatable bonds is 1. The first-order valence-corrected chi connectivity index (χ1v) is 5.59. The molecular weight excluding hydrogens is 202 g/mol. The Bertz CT molecular complexity index is 384. The summed E-state index contributed by atoms with van der Waals surface area (Å²) in [5.74, 6) is 0.169. The fourth-order valence-corrected chi connectivity index (χ4v) is 2.05. The molecule has 0 N–H and O–H groups in total. The molecule has 1 aliphatic heterocycles. The van der Waals surface area contributed by atoms with Gasteiger partial charge in [0.2, 0.25) is 5.91 Å². The Labute approximate surface area is 95.9 Å². The molecule has 4 nitrogen and oxygen atoms in total. The molecule has 0 saturated carbocycles. The monoisotopic (exact) mass is 219 g/mol. The number of nitrogens with zero attached hydrogens (tertiary/aromatic N) is 3. The summed E-state index contributed by atoms with van der Waals surface area (Å²) in [5, 5.41) is 0. The van der Waals surface area contributed by atoms with E-state index in [1.165, 1.54) is 11.3 Å². The lowest BCUT2D eigenvalue weighted by Gasteiger charge is -2.36. The number of aryl methyl sites for hydroxylation is 1. The van der Waals surface area contributed by atoms with Crippen LogP contribution in [0.15, 0.2) is 18.5 Å². The topological polar surface area (TPSA) is 36.4 Å². The number of anilines is 1. The van der Waals surface area contributed by atoms with Gasteiger partial charge < -0.3 is 9.80 Å². The maximum absolute atomic E-state index is 11.2. The molecule has 16 heavy (non-hydrogen) atoms. The Kier molecular flexibility index (Phi) is 3.08. The van der Waals surface area contributed by atoms with Crippen molar-refractivity contribution in [2.75, 3.05) is 31.1 Å². The van der Waals surface area contributed by atoms with Gasteiger partial charge in [-0.05, 0) is 18.6 Å². The molecule has 2 rings (SSSR count). The van der Waals surface area contributed by atoms with Crippen molar-refractivity contribution in [3.63, 3.8) is 0 Å². The first-order chi connectivity index (χ1) is 7.68. The third kappa shape index (κ3) is 2.15. The second-order valence-electron chi connectivity index (χ2n) is 4.16. The minimum atomic E-state index is 0.169. The summed E-state index contributed by atoms with van der Waals surface area (Å²) in [4.78, 5) is 19.5. The van der Waals surface area contributed by atoms with Crippen molar-refractivity contribution < 1.29 is 4.79 Å². The number of carbonyl (C=O) groups is 1. The first-order valence-electron chi connectivity index (χ1n) is 5.59. The summed E-state index contributed by atoms with van der Waals surface area (Å²) in [6.45, 7) is 7.13. The molecule has 1 amide bonds. The molecule has 86 valence electrons. The molecule has 2 heterocycles. The van der Waals surface area contributed by atoms with E-state index >= 15 is 0 Å². The average molecular weight is 219 g/mol. The highest BCUT2D eigenvalue weighted by molar-refractivity contribution is 5.73. The standard InChI is InChI=1S/C12H17N3O/c1-10-3-4-13-9-12(10)15-7-5-14(6-8-15)11(2)16/h3-4,9H,5-8H2,1-2H3. The van der Waals surface area contributed by atoms with Gasteiger partial charge in [0.1, 0.15) is 0 Å². The molecule has 0 aromatic carbocycles. The lowest BCUT2D eigenvalue weighted by molar-refractivity contribution is -0.129. The summed E-state index contributed by atoms with van der Waals surface area (Å²) in [6, 6.07) is 2.02. The molecule has 1 saturated heterocycles. The predicted molar refractivity (Wildman–Crippen MR) is 63.4 cm³/mol. The number of pyridine rings is 1. The van der Waals surface area contributed by atoms with Crippen LogP contribution < -0.4 is 4.90 Å². The van der Waals surface area contributed by atoms with Gasteiger partial charge in [0.05, 0.1) is 11.9 Å². The first kappa shape index (κ1) is 10.9. The number of hydrogen-bond donors (Lipinski definition) is 0. The molecule has 1 aromatic heterocycles. The Hall–Kier alpha value is -1.58. The van der Waals surface area contributed by atoms with Crippen LogP contribution in [0.4, 0.5) is 5.69 Å². The maximum atomic E-state index is 11.2. The number of aromatic nitrogens is 1. The van der Waals surface area contributed by atoms with Gasteiger partial charge in [0.25, 0.3) is 0 Å². The van der Waals surface area contributed by atoms with E-state index in [2.05, 4.69) is 16.8 Å². The van der Waals surface area contributed by atoms with Gasteiger partial charge in [-0.2, -0.15) is 0 Å². The second-order valence-corrected chi connectivity index (χ2v) is 4.16. The Morgan fingerprint density at radius 3 is 2.56 bits per heavy atom. The molecular formula is C12H17N3O. The van der Waals surface area contributed by atoms with Crippen LogP contribution in [0.5, 0.6) is 0 Å². The molecule has 0 unspecified atom stereocenters. The van der Waals surface area contributed by atoms with Crippen LogP contribution in [0, 0.1) is 6.92 Å². The van der Waals surface area contributed by atoms with Crippen LogP contribution in [0.1, 0.15) is 12.5 Å². The SMILES string of the molecule is CC(=O)N1CCN(c2cnccc2C)CC1. The summed E-state index contributed by atoms with van der Waals surface area (Å²) in [6.07, 6.45) is 3.71. The molecule has 0 bridgehead atoms. The van der Waals surface area contributed by atoms with E-state index in [4.69, 9.17) is 0 Å². The summed E-state index contributed by atoms with van der Waals surface area (Å²) in [7, 11) is 0. The number of carbonyl (C=O) groups excluding carboxylic acids is 1. The van der Waals surface area contributed by atoms with E-state index in [-0.39, 0.29) is 5.91 Å². The molecule has 1 aliphatic rings. The van der Waals surface area contributed by atoms with E-state index in [9.17, 15) is 4.79 Å². The van der Waals surface area contributed by atoms with Crippen molar-refractivity contribution in [2.24, 2.45) is 0 Å². The Balaban J connectivity index is 2.05. The van der Waals surface area contributed by atoms with E-state index in [1.54, 1.807) is 6.92 Å². The Morgan fingerprint density at radius 2 is 2.00 bits per heavy atom. The molecule has 0 radical (unpaired) electrons. The van der Waals surface area contributed by atoms with Crippen LogP contribution in [0.25, 0.3) is 0 Å². The number of piperazine rings is 1. The van der Waals surface area contributed by atoms with Gasteiger partial charge in [0, 0.05) is 39.3 Å². The van der Waals surface area contributed by atoms with Crippen molar-refractivity contribution in [3.05, 3.63) is 24.0 Å². The highest BCUT2D eigenvalue weighted by atomic mass is 16.2. The van der Waals surface area contributed by atoms with Crippen molar-refractivity contribution in [1.29, 1.82) is 0 Å². The van der Waals surface area contributed by atoms with Gasteiger partial charge in [0.15, 0.2) is 0 Å². The fourth-order valence-electron chi connectivity index (χ4n) is 2.05. The third-order valence-electron chi connectivity index (χ3n) is 3.08. The quantitative estimate of drug-likeness (QED) is 0.708. The van der Waals surface area contributed by atoms with Crippen molar-refractivity contribution in [3.8, 4) is 0 Å². The number of amides is 1. The molecule has 4 heteroatoms. The van der Waals surface area contributed by atoms with Crippen molar-refractivity contribution >= 4 is 11.6 Å². The van der Waals surface area contributed by atoms with Crippen molar-refractivity contribution in [2.45, 2.75) is 13.8 Å². The smallest absolute Gasteiger partial charge is 0.219 e. The Morgan fingerprint density at radius 1 is 1.31 bits per heavy atom. The molecule has 1 aromatic rings. The summed E-state index contributed by atoms with van der Waals surface area (Å²) in [5.41, 5.74) is 2.43. The molecule has 0 aliphatic carbocycles. The van der Waals surface area contributed by atoms with E-state index in [0.29, 0.717) is 0 Å². The fraction of sp³-hybridized carbons (Fsp3) is 0.500. The van der Waals surface area contributed by atoms with Crippen LogP contribution >= 0.6 is 0 Å². The van der Waals surface area contributed by atoms with Crippen LogP contribution in [0.3, 0.4) is 0 Å². The maximum Gasteiger partial charge on any atom is 0.219 e. The van der Waals surface area contributed by atoms with Gasteiger partial charge in [-0.1, -0.05) is 0 Å². The minimum absolute atomic E-state index is 0.169. The zero-order valence-corrected chi connectivity index (χ0v) is 9.81. The normalized spacial score (nSPS) is 16.4. The lowest BCUT2D eigenvalue weighted by atomic mass is 10.2. The predicted octanol–water partition coefficient (Wildman–Crippen LogP) is 1.06. The summed E-state index contributed by atoms with van der Waals surface area (Å²) < 4.78 is 0. The van der Waals surface area contributed by atoms with E-state index < -0.39 is 0 Å². The molecule has 1 fully saturated rings. The highest BCUT2D eigenvalue weighted by Crippen LogP contribution is 2.19. The average Bonchev–Trinajstić information content (AvgIpc) is 2.30. The lowest BCUT2D eigenvalue weighted by Crippen LogP contribution is -2.48. The minimum Gasteiger partial charge on any atom is -0.367 e. The van der Waals surface area contributed by atoms with E-state index in [1.807, 2.05) is 23.4 Å². The zero-order chi connectivity index (χ0) is 11.5. The summed E-state index contributed by atoms with van der Waals surface area (Å²) >= 11 is 0. The number of hydrogen-bond acceptors (Lipinski definition) is 3. The van der Waals surface area contributed by atoms with Gasteiger partial charge in [-0.3, -0.25) is 9.78 Å². The second kappa shape index (κ2) is 4.51. The van der Waals surface area contributed by atoms with Crippen molar-refractivity contribution in [1.82, 2.24) is 9.88 Å². The largest absolute Gasteiger partial charge is 0.367 e. The van der Waals surface area contributed by atoms with Crippen LogP contribution in [0.2, 0.25) is 0 Å². The molecule has 0 spiro atoms.